The standard InChI is InChI=1S/C11H13ClN2O/c12-9-1-2-10(14-6-9)3-8-4-11(15)7-13-5-8/h1-2,4,6,11,13,15H,3,5,7H2. The molecule has 0 amide bonds. The van der Waals surface area contributed by atoms with E-state index in [1.807, 2.05) is 18.2 Å². The fraction of sp³-hybridized carbons (Fsp3) is 0.364. The molecule has 1 aromatic rings. The van der Waals surface area contributed by atoms with Gasteiger partial charge in [0.25, 0.3) is 0 Å². The highest BCUT2D eigenvalue weighted by molar-refractivity contribution is 6.30. The second-order valence-electron chi connectivity index (χ2n) is 3.67. The van der Waals surface area contributed by atoms with Crippen LogP contribution in [0.1, 0.15) is 5.69 Å². The Morgan fingerprint density at radius 1 is 1.53 bits per heavy atom. The van der Waals surface area contributed by atoms with E-state index in [1.54, 1.807) is 6.20 Å². The van der Waals surface area contributed by atoms with E-state index in [4.69, 9.17) is 11.6 Å². The maximum absolute atomic E-state index is 9.42. The summed E-state index contributed by atoms with van der Waals surface area (Å²) in [5.74, 6) is 0. The zero-order valence-corrected chi connectivity index (χ0v) is 9.04. The van der Waals surface area contributed by atoms with Gasteiger partial charge in [-0.2, -0.15) is 0 Å². The van der Waals surface area contributed by atoms with E-state index in [0.717, 1.165) is 18.7 Å². The highest BCUT2D eigenvalue weighted by Crippen LogP contribution is 2.11. The van der Waals surface area contributed by atoms with Gasteiger partial charge >= 0.3 is 0 Å². The quantitative estimate of drug-likeness (QED) is 0.742. The first-order valence-electron chi connectivity index (χ1n) is 4.93. The number of β-amino-alcohol motifs (C(OH)–C–C–N with tert-alkyl or cyclic N) is 1. The molecule has 4 heteroatoms. The van der Waals surface area contributed by atoms with Gasteiger partial charge in [0.1, 0.15) is 0 Å². The molecule has 0 fully saturated rings. The molecule has 80 valence electrons. The monoisotopic (exact) mass is 224 g/mol. The minimum absolute atomic E-state index is 0.374. The van der Waals surface area contributed by atoms with Gasteiger partial charge in [-0.15, -0.1) is 0 Å². The molecule has 0 bridgehead atoms. The zero-order chi connectivity index (χ0) is 10.7. The fourth-order valence-corrected chi connectivity index (χ4v) is 1.75. The van der Waals surface area contributed by atoms with Crippen LogP contribution in [0.4, 0.5) is 0 Å². The van der Waals surface area contributed by atoms with Crippen LogP contribution in [0.5, 0.6) is 0 Å². The van der Waals surface area contributed by atoms with Gasteiger partial charge in [0.2, 0.25) is 0 Å². The van der Waals surface area contributed by atoms with Crippen molar-refractivity contribution < 1.29 is 5.11 Å². The van der Waals surface area contributed by atoms with Crippen LogP contribution >= 0.6 is 11.6 Å². The molecule has 0 aromatic carbocycles. The molecule has 1 aliphatic heterocycles. The van der Waals surface area contributed by atoms with Gasteiger partial charge in [-0.25, -0.2) is 0 Å². The van der Waals surface area contributed by atoms with E-state index in [0.29, 0.717) is 11.6 Å². The molecule has 0 radical (unpaired) electrons. The Morgan fingerprint density at radius 2 is 2.40 bits per heavy atom. The van der Waals surface area contributed by atoms with E-state index in [1.165, 1.54) is 5.57 Å². The fourth-order valence-electron chi connectivity index (χ4n) is 1.64. The van der Waals surface area contributed by atoms with Crippen molar-refractivity contribution in [3.63, 3.8) is 0 Å². The molecule has 0 aliphatic carbocycles. The second kappa shape index (κ2) is 4.75. The number of halogens is 1. The summed E-state index contributed by atoms with van der Waals surface area (Å²) in [7, 11) is 0. The Morgan fingerprint density at radius 3 is 3.07 bits per heavy atom. The molecule has 3 nitrogen and oxygen atoms in total. The van der Waals surface area contributed by atoms with Crippen molar-refractivity contribution in [1.29, 1.82) is 0 Å². The number of aromatic nitrogens is 1. The summed E-state index contributed by atoms with van der Waals surface area (Å²) in [5.41, 5.74) is 2.14. The number of aliphatic hydroxyl groups excluding tert-OH is 1. The minimum atomic E-state index is -0.374. The molecular weight excluding hydrogens is 212 g/mol. The number of nitrogens with zero attached hydrogens (tertiary/aromatic N) is 1. The number of hydrogen-bond donors (Lipinski definition) is 2. The van der Waals surface area contributed by atoms with Crippen molar-refractivity contribution in [1.82, 2.24) is 10.3 Å². The Labute approximate surface area is 93.8 Å². The molecule has 0 saturated heterocycles. The van der Waals surface area contributed by atoms with Gasteiger partial charge in [0.15, 0.2) is 0 Å². The van der Waals surface area contributed by atoms with Crippen molar-refractivity contribution in [2.75, 3.05) is 13.1 Å². The van der Waals surface area contributed by atoms with Crippen LogP contribution in [0, 0.1) is 0 Å². The van der Waals surface area contributed by atoms with Gasteiger partial charge in [-0.3, -0.25) is 4.98 Å². The molecule has 2 rings (SSSR count). The molecule has 1 atom stereocenters. The number of pyridine rings is 1. The third kappa shape index (κ3) is 3.02. The van der Waals surface area contributed by atoms with E-state index >= 15 is 0 Å². The summed E-state index contributed by atoms with van der Waals surface area (Å²) >= 11 is 5.75. The molecule has 2 N–H and O–H groups in total. The lowest BCUT2D eigenvalue weighted by atomic mass is 10.0. The molecule has 2 heterocycles. The maximum atomic E-state index is 9.42. The third-order valence-electron chi connectivity index (χ3n) is 2.33. The lowest BCUT2D eigenvalue weighted by molar-refractivity contribution is 0.212. The Balaban J connectivity index is 2.05. The SMILES string of the molecule is OC1C=C(Cc2ccc(Cl)cn2)CNC1. The smallest absolute Gasteiger partial charge is 0.0848 e. The molecule has 0 saturated carbocycles. The van der Waals surface area contributed by atoms with Crippen molar-refractivity contribution in [2.45, 2.75) is 12.5 Å². The molecule has 1 unspecified atom stereocenters. The number of nitrogens with one attached hydrogen (secondary N) is 1. The number of hydrogen-bond acceptors (Lipinski definition) is 3. The predicted octanol–water partition coefficient (Wildman–Crippen LogP) is 1.17. The van der Waals surface area contributed by atoms with Crippen LogP contribution in [0.3, 0.4) is 0 Å². The van der Waals surface area contributed by atoms with Crippen molar-refractivity contribution in [2.24, 2.45) is 0 Å². The summed E-state index contributed by atoms with van der Waals surface area (Å²) in [4.78, 5) is 4.22. The van der Waals surface area contributed by atoms with Crippen molar-refractivity contribution in [3.8, 4) is 0 Å². The van der Waals surface area contributed by atoms with Crippen molar-refractivity contribution >= 4 is 11.6 Å². The average molecular weight is 225 g/mol. The van der Waals surface area contributed by atoms with Gasteiger partial charge in [-0.05, 0) is 12.1 Å². The van der Waals surface area contributed by atoms with Crippen LogP contribution in [0.25, 0.3) is 0 Å². The Hall–Kier alpha value is -0.900. The van der Waals surface area contributed by atoms with Crippen LogP contribution in [-0.2, 0) is 6.42 Å². The van der Waals surface area contributed by atoms with Crippen LogP contribution in [0.15, 0.2) is 30.0 Å². The van der Waals surface area contributed by atoms with Crippen LogP contribution < -0.4 is 5.32 Å². The van der Waals surface area contributed by atoms with Crippen LogP contribution in [-0.4, -0.2) is 29.3 Å². The Bertz CT molecular complexity index is 361. The van der Waals surface area contributed by atoms with E-state index in [2.05, 4.69) is 10.3 Å². The lowest BCUT2D eigenvalue weighted by Crippen LogP contribution is -2.32. The maximum Gasteiger partial charge on any atom is 0.0848 e. The average Bonchev–Trinajstić information content (AvgIpc) is 2.22. The van der Waals surface area contributed by atoms with Gasteiger partial charge in [0, 0.05) is 31.4 Å². The second-order valence-corrected chi connectivity index (χ2v) is 4.10. The van der Waals surface area contributed by atoms with Crippen LogP contribution in [0.2, 0.25) is 5.02 Å². The summed E-state index contributed by atoms with van der Waals surface area (Å²) < 4.78 is 0. The number of aliphatic hydroxyl groups is 1. The first-order valence-corrected chi connectivity index (χ1v) is 5.30. The van der Waals surface area contributed by atoms with E-state index in [-0.39, 0.29) is 6.10 Å². The molecule has 0 spiro atoms. The first kappa shape index (κ1) is 10.6. The summed E-state index contributed by atoms with van der Waals surface area (Å²) in [5, 5.41) is 13.2. The summed E-state index contributed by atoms with van der Waals surface area (Å²) in [6.07, 6.45) is 3.93. The third-order valence-corrected chi connectivity index (χ3v) is 2.55. The van der Waals surface area contributed by atoms with Gasteiger partial charge < -0.3 is 10.4 Å². The molecule has 15 heavy (non-hydrogen) atoms. The lowest BCUT2D eigenvalue weighted by Gasteiger charge is -2.18. The molecular formula is C11H13ClN2O. The normalized spacial score (nSPS) is 21.2. The van der Waals surface area contributed by atoms with E-state index in [9.17, 15) is 5.11 Å². The Kier molecular flexibility index (Phi) is 3.36. The highest BCUT2D eigenvalue weighted by Gasteiger charge is 2.10. The molecule has 1 aliphatic rings. The largest absolute Gasteiger partial charge is 0.388 e. The van der Waals surface area contributed by atoms with Gasteiger partial charge in [0.05, 0.1) is 11.1 Å². The van der Waals surface area contributed by atoms with Crippen molar-refractivity contribution in [3.05, 3.63) is 40.7 Å². The minimum Gasteiger partial charge on any atom is -0.388 e. The van der Waals surface area contributed by atoms with E-state index < -0.39 is 0 Å². The summed E-state index contributed by atoms with van der Waals surface area (Å²) in [6, 6.07) is 3.74. The summed E-state index contributed by atoms with van der Waals surface area (Å²) in [6.45, 7) is 1.46. The zero-order valence-electron chi connectivity index (χ0n) is 8.28. The first-order chi connectivity index (χ1) is 7.24. The number of rotatable bonds is 2. The van der Waals surface area contributed by atoms with Gasteiger partial charge in [-0.1, -0.05) is 23.3 Å². The predicted molar refractivity (Wildman–Crippen MR) is 59.9 cm³/mol. The topological polar surface area (TPSA) is 45.2 Å². The molecule has 1 aromatic heterocycles. The highest BCUT2D eigenvalue weighted by atomic mass is 35.5.